The zero-order chi connectivity index (χ0) is 19.6. The molecule has 0 radical (unpaired) electrons. The molecule has 0 aliphatic heterocycles. The van der Waals surface area contributed by atoms with Crippen molar-refractivity contribution in [3.8, 4) is 22.5 Å². The Balaban J connectivity index is 1.54. The molecule has 4 N–H and O–H groups in total. The van der Waals surface area contributed by atoms with Crippen LogP contribution in [-0.2, 0) is 6.42 Å². The Morgan fingerprint density at radius 2 is 1.45 bits per heavy atom. The van der Waals surface area contributed by atoms with Crippen molar-refractivity contribution < 1.29 is 0 Å². The summed E-state index contributed by atoms with van der Waals surface area (Å²) < 4.78 is 0. The molecule has 0 aliphatic carbocycles. The summed E-state index contributed by atoms with van der Waals surface area (Å²) in [6.45, 7) is 0. The average Bonchev–Trinajstić information content (AvgIpc) is 3.40. The van der Waals surface area contributed by atoms with Crippen LogP contribution in [0.2, 0.25) is 0 Å². The molecule has 5 rings (SSSR count). The van der Waals surface area contributed by atoms with E-state index in [0.717, 1.165) is 33.9 Å². The van der Waals surface area contributed by atoms with E-state index in [2.05, 4.69) is 52.4 Å². The molecule has 5 aromatic rings. The Morgan fingerprint density at radius 1 is 0.793 bits per heavy atom. The summed E-state index contributed by atoms with van der Waals surface area (Å²) in [6.07, 6.45) is 2.75. The molecule has 3 aromatic carbocycles. The molecule has 0 aliphatic rings. The minimum atomic E-state index is -0.228. The van der Waals surface area contributed by atoms with E-state index in [1.807, 2.05) is 48.7 Å². The number of nitrogens with one attached hydrogen (secondary N) is 2. The van der Waals surface area contributed by atoms with Gasteiger partial charge in [-0.1, -0.05) is 78.9 Å². The van der Waals surface area contributed by atoms with Crippen LogP contribution >= 0.6 is 0 Å². The van der Waals surface area contributed by atoms with Gasteiger partial charge >= 0.3 is 0 Å². The number of H-pyrrole nitrogens is 2. The van der Waals surface area contributed by atoms with Crippen molar-refractivity contribution in [1.82, 2.24) is 15.0 Å². The van der Waals surface area contributed by atoms with Crippen molar-refractivity contribution >= 4 is 10.9 Å². The second kappa shape index (κ2) is 7.41. The third-order valence-electron chi connectivity index (χ3n) is 5.30. The number of para-hydroxylation sites is 1. The molecule has 1 atom stereocenters. The molecule has 29 heavy (non-hydrogen) atoms. The van der Waals surface area contributed by atoms with Crippen LogP contribution in [0.3, 0.4) is 0 Å². The Kier molecular flexibility index (Phi) is 4.47. The summed E-state index contributed by atoms with van der Waals surface area (Å²) >= 11 is 0. The highest BCUT2D eigenvalue weighted by atomic mass is 15.0. The highest BCUT2D eigenvalue weighted by molar-refractivity contribution is 5.83. The summed E-state index contributed by atoms with van der Waals surface area (Å²) in [6, 6.07) is 28.6. The number of hydrogen-bond donors (Lipinski definition) is 3. The van der Waals surface area contributed by atoms with E-state index in [1.54, 1.807) is 0 Å². The number of nitrogens with zero attached hydrogens (tertiary/aromatic N) is 1. The van der Waals surface area contributed by atoms with Gasteiger partial charge in [-0.05, 0) is 18.1 Å². The van der Waals surface area contributed by atoms with Gasteiger partial charge in [0.25, 0.3) is 0 Å². The summed E-state index contributed by atoms with van der Waals surface area (Å²) in [4.78, 5) is 11.8. The third kappa shape index (κ3) is 3.35. The average molecular weight is 378 g/mol. The summed E-state index contributed by atoms with van der Waals surface area (Å²) in [7, 11) is 0. The van der Waals surface area contributed by atoms with Crippen molar-refractivity contribution in [2.75, 3.05) is 0 Å². The van der Waals surface area contributed by atoms with Crippen molar-refractivity contribution in [1.29, 1.82) is 0 Å². The molecule has 0 unspecified atom stereocenters. The minimum Gasteiger partial charge on any atom is -0.361 e. The van der Waals surface area contributed by atoms with Gasteiger partial charge in [0, 0.05) is 28.2 Å². The first-order chi connectivity index (χ1) is 14.3. The first-order valence-electron chi connectivity index (χ1n) is 9.81. The van der Waals surface area contributed by atoms with E-state index in [1.165, 1.54) is 10.9 Å². The van der Waals surface area contributed by atoms with Crippen molar-refractivity contribution in [2.45, 2.75) is 12.5 Å². The molecule has 2 aromatic heterocycles. The van der Waals surface area contributed by atoms with Crippen molar-refractivity contribution in [3.05, 3.63) is 103 Å². The number of aromatic amines is 2. The highest BCUT2D eigenvalue weighted by Crippen LogP contribution is 2.32. The van der Waals surface area contributed by atoms with Gasteiger partial charge < -0.3 is 15.7 Å². The van der Waals surface area contributed by atoms with Crippen LogP contribution in [0.25, 0.3) is 33.4 Å². The van der Waals surface area contributed by atoms with E-state index in [9.17, 15) is 0 Å². The topological polar surface area (TPSA) is 70.5 Å². The smallest absolute Gasteiger partial charge is 0.124 e. The maximum absolute atomic E-state index is 6.61. The van der Waals surface area contributed by atoms with Gasteiger partial charge in [-0.15, -0.1) is 0 Å². The molecular weight excluding hydrogens is 356 g/mol. The second-order valence-electron chi connectivity index (χ2n) is 7.25. The predicted molar refractivity (Wildman–Crippen MR) is 118 cm³/mol. The Labute approximate surface area is 169 Å². The fourth-order valence-electron chi connectivity index (χ4n) is 3.82. The molecule has 0 bridgehead atoms. The van der Waals surface area contributed by atoms with Gasteiger partial charge in [0.15, 0.2) is 0 Å². The van der Waals surface area contributed by atoms with Crippen LogP contribution in [0.5, 0.6) is 0 Å². The minimum absolute atomic E-state index is 0.228. The summed E-state index contributed by atoms with van der Waals surface area (Å²) in [5, 5.41) is 1.21. The van der Waals surface area contributed by atoms with Crippen LogP contribution < -0.4 is 5.73 Å². The SMILES string of the molecule is N[C@H](Cc1c[nH]c2ccccc12)c1nc(-c2ccccc2)c(-c2ccccc2)[nH]1. The van der Waals surface area contributed by atoms with Gasteiger partial charge in [0.1, 0.15) is 5.82 Å². The van der Waals surface area contributed by atoms with E-state index in [-0.39, 0.29) is 6.04 Å². The molecule has 142 valence electrons. The molecule has 4 nitrogen and oxygen atoms in total. The van der Waals surface area contributed by atoms with Crippen LogP contribution in [-0.4, -0.2) is 15.0 Å². The molecular formula is C25H22N4. The van der Waals surface area contributed by atoms with Gasteiger partial charge in [0.05, 0.1) is 17.4 Å². The lowest BCUT2D eigenvalue weighted by atomic mass is 10.1. The number of fused-ring (bicyclic) bond motifs is 1. The molecule has 4 heteroatoms. The standard InChI is InChI=1S/C25H22N4/c26-21(15-19-16-27-22-14-8-7-13-20(19)22)25-28-23(17-9-3-1-4-10-17)24(29-25)18-11-5-2-6-12-18/h1-14,16,21,27H,15,26H2,(H,28,29)/t21-/m1/s1. The van der Waals surface area contributed by atoms with Crippen molar-refractivity contribution in [2.24, 2.45) is 5.73 Å². The summed E-state index contributed by atoms with van der Waals surface area (Å²) in [5.74, 6) is 0.799. The molecule has 0 saturated heterocycles. The lowest BCUT2D eigenvalue weighted by molar-refractivity contribution is 0.681. The zero-order valence-electron chi connectivity index (χ0n) is 16.0. The maximum Gasteiger partial charge on any atom is 0.124 e. The van der Waals surface area contributed by atoms with Crippen LogP contribution in [0.4, 0.5) is 0 Å². The molecule has 0 saturated carbocycles. The third-order valence-corrected chi connectivity index (χ3v) is 5.30. The first-order valence-corrected chi connectivity index (χ1v) is 9.81. The number of benzene rings is 3. The zero-order valence-corrected chi connectivity index (χ0v) is 16.0. The number of nitrogens with two attached hydrogens (primary N) is 1. The van der Waals surface area contributed by atoms with Crippen molar-refractivity contribution in [3.63, 3.8) is 0 Å². The molecule has 0 fully saturated rings. The van der Waals surface area contributed by atoms with E-state index >= 15 is 0 Å². The number of hydrogen-bond acceptors (Lipinski definition) is 2. The fraction of sp³-hybridized carbons (Fsp3) is 0.0800. The second-order valence-corrected chi connectivity index (χ2v) is 7.25. The Bertz CT molecular complexity index is 1180. The van der Waals surface area contributed by atoms with Crippen LogP contribution in [0.15, 0.2) is 91.1 Å². The van der Waals surface area contributed by atoms with Gasteiger partial charge in [-0.3, -0.25) is 0 Å². The highest BCUT2D eigenvalue weighted by Gasteiger charge is 2.19. The van der Waals surface area contributed by atoms with Gasteiger partial charge in [-0.2, -0.15) is 0 Å². The summed E-state index contributed by atoms with van der Waals surface area (Å²) in [5.41, 5.74) is 13.0. The monoisotopic (exact) mass is 378 g/mol. The van der Waals surface area contributed by atoms with E-state index in [4.69, 9.17) is 10.7 Å². The van der Waals surface area contributed by atoms with Gasteiger partial charge in [-0.25, -0.2) is 4.98 Å². The van der Waals surface area contributed by atoms with E-state index < -0.39 is 0 Å². The Hall–Kier alpha value is -3.63. The number of imidazole rings is 1. The first kappa shape index (κ1) is 17.5. The maximum atomic E-state index is 6.61. The number of rotatable bonds is 5. The quantitative estimate of drug-likeness (QED) is 0.380. The lowest BCUT2D eigenvalue weighted by Gasteiger charge is -2.08. The van der Waals surface area contributed by atoms with E-state index in [0.29, 0.717) is 6.42 Å². The van der Waals surface area contributed by atoms with Gasteiger partial charge in [0.2, 0.25) is 0 Å². The number of aromatic nitrogens is 3. The molecule has 0 amide bonds. The largest absolute Gasteiger partial charge is 0.361 e. The normalized spacial score (nSPS) is 12.3. The predicted octanol–water partition coefficient (Wildman–Crippen LogP) is 5.47. The molecule has 2 heterocycles. The van der Waals surface area contributed by atoms with Crippen LogP contribution in [0, 0.1) is 0 Å². The van der Waals surface area contributed by atoms with Crippen LogP contribution in [0.1, 0.15) is 17.4 Å². The lowest BCUT2D eigenvalue weighted by Crippen LogP contribution is -2.15. The molecule has 0 spiro atoms. The Morgan fingerprint density at radius 3 is 2.21 bits per heavy atom. The fourth-order valence-corrected chi connectivity index (χ4v) is 3.82.